The largest absolute Gasteiger partial charge is 0.385 e. The fourth-order valence-electron chi connectivity index (χ4n) is 1.87. The van der Waals surface area contributed by atoms with Crippen molar-refractivity contribution < 1.29 is 0 Å². The van der Waals surface area contributed by atoms with Crippen molar-refractivity contribution in [2.24, 2.45) is 5.92 Å². The monoisotopic (exact) mass is 175 g/mol. The molecule has 0 heterocycles. The van der Waals surface area contributed by atoms with Crippen molar-refractivity contribution in [3.63, 3.8) is 0 Å². The molecular formula is C12H17N. The Morgan fingerprint density at radius 1 is 1.46 bits per heavy atom. The molecule has 0 radical (unpaired) electrons. The van der Waals surface area contributed by atoms with Crippen LogP contribution in [-0.2, 0) is 0 Å². The molecule has 1 nitrogen and oxygen atoms in total. The van der Waals surface area contributed by atoms with Gasteiger partial charge in [-0.2, -0.15) is 0 Å². The van der Waals surface area contributed by atoms with Crippen molar-refractivity contribution in [2.45, 2.75) is 26.2 Å². The van der Waals surface area contributed by atoms with Gasteiger partial charge in [-0.3, -0.25) is 0 Å². The van der Waals surface area contributed by atoms with Crippen LogP contribution in [0.1, 0.15) is 31.7 Å². The van der Waals surface area contributed by atoms with Crippen LogP contribution in [0.3, 0.4) is 0 Å². The van der Waals surface area contributed by atoms with Gasteiger partial charge < -0.3 is 5.32 Å². The van der Waals surface area contributed by atoms with Crippen molar-refractivity contribution in [1.82, 2.24) is 0 Å². The van der Waals surface area contributed by atoms with E-state index in [1.54, 1.807) is 0 Å². The van der Waals surface area contributed by atoms with Gasteiger partial charge in [0.25, 0.3) is 0 Å². The van der Waals surface area contributed by atoms with Gasteiger partial charge in [0.2, 0.25) is 0 Å². The average Bonchev–Trinajstić information content (AvgIpc) is 2.84. The van der Waals surface area contributed by atoms with Crippen molar-refractivity contribution in [2.75, 3.05) is 11.9 Å². The van der Waals surface area contributed by atoms with Crippen LogP contribution in [0.15, 0.2) is 24.3 Å². The topological polar surface area (TPSA) is 12.0 Å². The first-order chi connectivity index (χ1) is 6.31. The number of benzene rings is 1. The van der Waals surface area contributed by atoms with E-state index in [1.807, 2.05) is 0 Å². The minimum Gasteiger partial charge on any atom is -0.385 e. The zero-order chi connectivity index (χ0) is 9.26. The minimum absolute atomic E-state index is 0.832. The molecule has 0 bridgehead atoms. The highest BCUT2D eigenvalue weighted by molar-refractivity contribution is 5.47. The van der Waals surface area contributed by atoms with Gasteiger partial charge >= 0.3 is 0 Å². The lowest BCUT2D eigenvalue weighted by molar-refractivity contribution is 0.914. The molecule has 1 aliphatic rings. The molecule has 1 heteroatoms. The Hall–Kier alpha value is -0.980. The van der Waals surface area contributed by atoms with E-state index in [-0.39, 0.29) is 0 Å². The number of hydrogen-bond acceptors (Lipinski definition) is 1. The van der Waals surface area contributed by atoms with Gasteiger partial charge in [-0.1, -0.05) is 19.1 Å². The molecule has 1 fully saturated rings. The normalized spacial score (nSPS) is 25.7. The summed E-state index contributed by atoms with van der Waals surface area (Å²) < 4.78 is 0. The van der Waals surface area contributed by atoms with Crippen LogP contribution in [0.4, 0.5) is 5.69 Å². The Labute approximate surface area is 80.2 Å². The van der Waals surface area contributed by atoms with Gasteiger partial charge in [0.15, 0.2) is 0 Å². The summed E-state index contributed by atoms with van der Waals surface area (Å²) in [6, 6.07) is 8.82. The van der Waals surface area contributed by atoms with E-state index in [1.165, 1.54) is 17.7 Å². The highest BCUT2D eigenvalue weighted by atomic mass is 14.8. The van der Waals surface area contributed by atoms with Gasteiger partial charge in [-0.15, -0.1) is 0 Å². The maximum absolute atomic E-state index is 3.35. The fourth-order valence-corrected chi connectivity index (χ4v) is 1.87. The molecular weight excluding hydrogens is 158 g/mol. The van der Waals surface area contributed by atoms with E-state index in [2.05, 4.69) is 43.4 Å². The first-order valence-electron chi connectivity index (χ1n) is 5.15. The molecule has 1 aliphatic carbocycles. The van der Waals surface area contributed by atoms with Crippen molar-refractivity contribution in [3.05, 3.63) is 29.8 Å². The summed E-state index contributed by atoms with van der Waals surface area (Å²) in [6.07, 6.45) is 1.37. The Bertz CT molecular complexity index is 293. The number of hydrogen-bond donors (Lipinski definition) is 1. The highest BCUT2D eigenvalue weighted by Gasteiger charge is 2.33. The summed E-state index contributed by atoms with van der Waals surface area (Å²) in [4.78, 5) is 0. The van der Waals surface area contributed by atoms with E-state index in [4.69, 9.17) is 0 Å². The van der Waals surface area contributed by atoms with Gasteiger partial charge in [0.1, 0.15) is 0 Å². The molecule has 1 aromatic carbocycles. The summed E-state index contributed by atoms with van der Waals surface area (Å²) in [7, 11) is 0. The van der Waals surface area contributed by atoms with Crippen LogP contribution < -0.4 is 5.32 Å². The average molecular weight is 175 g/mol. The molecule has 1 saturated carbocycles. The number of rotatable bonds is 3. The molecule has 2 rings (SSSR count). The van der Waals surface area contributed by atoms with Crippen molar-refractivity contribution >= 4 is 5.69 Å². The Kier molecular flexibility index (Phi) is 2.26. The Balaban J connectivity index is 2.13. The number of nitrogens with one attached hydrogen (secondary N) is 1. The second kappa shape index (κ2) is 3.41. The molecule has 1 N–H and O–H groups in total. The van der Waals surface area contributed by atoms with Crippen LogP contribution in [0.25, 0.3) is 0 Å². The molecule has 0 aliphatic heterocycles. The lowest BCUT2D eigenvalue weighted by Gasteiger charge is -2.05. The maximum Gasteiger partial charge on any atom is 0.0342 e. The first-order valence-corrected chi connectivity index (χ1v) is 5.15. The fraction of sp³-hybridized carbons (Fsp3) is 0.500. The Morgan fingerprint density at radius 3 is 2.85 bits per heavy atom. The molecule has 13 heavy (non-hydrogen) atoms. The zero-order valence-electron chi connectivity index (χ0n) is 8.38. The third-order valence-electron chi connectivity index (χ3n) is 2.81. The quantitative estimate of drug-likeness (QED) is 0.743. The van der Waals surface area contributed by atoms with E-state index in [0.29, 0.717) is 0 Å². The maximum atomic E-state index is 3.35. The summed E-state index contributed by atoms with van der Waals surface area (Å²) in [5, 5.41) is 3.35. The second-order valence-electron chi connectivity index (χ2n) is 3.98. The number of anilines is 1. The van der Waals surface area contributed by atoms with E-state index < -0.39 is 0 Å². The smallest absolute Gasteiger partial charge is 0.0342 e. The van der Waals surface area contributed by atoms with Crippen molar-refractivity contribution in [1.29, 1.82) is 0 Å². The lowest BCUT2D eigenvalue weighted by Crippen LogP contribution is -1.96. The SMILES string of the molecule is CCNc1cccc([C@@H]2CC2C)c1. The van der Waals surface area contributed by atoms with Crippen molar-refractivity contribution in [3.8, 4) is 0 Å². The predicted octanol–water partition coefficient (Wildman–Crippen LogP) is 3.24. The lowest BCUT2D eigenvalue weighted by atomic mass is 10.1. The molecule has 0 amide bonds. The summed E-state index contributed by atoms with van der Waals surface area (Å²) in [5.41, 5.74) is 2.77. The van der Waals surface area contributed by atoms with Crippen LogP contribution >= 0.6 is 0 Å². The second-order valence-corrected chi connectivity index (χ2v) is 3.98. The molecule has 1 aromatic rings. The van der Waals surface area contributed by atoms with Gasteiger partial charge in [0, 0.05) is 12.2 Å². The minimum atomic E-state index is 0.832. The third kappa shape index (κ3) is 1.85. The highest BCUT2D eigenvalue weighted by Crippen LogP contribution is 2.47. The van der Waals surface area contributed by atoms with Crippen LogP contribution in [-0.4, -0.2) is 6.54 Å². The van der Waals surface area contributed by atoms with Crippen LogP contribution in [0.5, 0.6) is 0 Å². The van der Waals surface area contributed by atoms with Gasteiger partial charge in [-0.05, 0) is 42.9 Å². The van der Waals surface area contributed by atoms with Gasteiger partial charge in [-0.25, -0.2) is 0 Å². The van der Waals surface area contributed by atoms with E-state index in [0.717, 1.165) is 18.4 Å². The molecule has 0 aromatic heterocycles. The zero-order valence-corrected chi connectivity index (χ0v) is 8.38. The molecule has 70 valence electrons. The van der Waals surface area contributed by atoms with Gasteiger partial charge in [0.05, 0.1) is 0 Å². The molecule has 1 unspecified atom stereocenters. The molecule has 0 saturated heterocycles. The van der Waals surface area contributed by atoms with Crippen LogP contribution in [0.2, 0.25) is 0 Å². The van der Waals surface area contributed by atoms with Crippen LogP contribution in [0, 0.1) is 5.92 Å². The van der Waals surface area contributed by atoms with E-state index in [9.17, 15) is 0 Å². The molecule has 0 spiro atoms. The summed E-state index contributed by atoms with van der Waals surface area (Å²) in [5.74, 6) is 1.73. The third-order valence-corrected chi connectivity index (χ3v) is 2.81. The standard InChI is InChI=1S/C12H17N/c1-3-13-11-6-4-5-10(8-11)12-7-9(12)2/h4-6,8-9,12-13H,3,7H2,1-2H3/t9?,12-/m1/s1. The summed E-state index contributed by atoms with van der Waals surface area (Å²) in [6.45, 7) is 5.46. The first kappa shape index (κ1) is 8.61. The molecule has 2 atom stereocenters. The summed E-state index contributed by atoms with van der Waals surface area (Å²) >= 11 is 0. The Morgan fingerprint density at radius 2 is 2.23 bits per heavy atom. The predicted molar refractivity (Wildman–Crippen MR) is 57.1 cm³/mol. The van der Waals surface area contributed by atoms with E-state index >= 15 is 0 Å².